The summed E-state index contributed by atoms with van der Waals surface area (Å²) in [5.74, 6) is 0. The standard InChI is InChI=1S/C13H33N4O/c1-15(2)8-6-14-7-11-17(4,5)12-9-16(3)10-13-18/h14,18H,6-13H2,1-5H3/q+1. The van der Waals surface area contributed by atoms with Crippen molar-refractivity contribution in [1.29, 1.82) is 0 Å². The average Bonchev–Trinajstić information content (AvgIpc) is 2.26. The van der Waals surface area contributed by atoms with E-state index in [1.165, 1.54) is 0 Å². The minimum Gasteiger partial charge on any atom is -0.395 e. The molecular formula is C13H33N4O+. The predicted molar refractivity (Wildman–Crippen MR) is 77.8 cm³/mol. The van der Waals surface area contributed by atoms with Gasteiger partial charge in [0.2, 0.25) is 0 Å². The van der Waals surface area contributed by atoms with Crippen molar-refractivity contribution in [1.82, 2.24) is 15.1 Å². The van der Waals surface area contributed by atoms with E-state index >= 15 is 0 Å². The summed E-state index contributed by atoms with van der Waals surface area (Å²) in [6, 6.07) is 0. The molecule has 0 saturated heterocycles. The molecule has 0 saturated carbocycles. The fourth-order valence-electron chi connectivity index (χ4n) is 1.65. The predicted octanol–water partition coefficient (Wildman–Crippen LogP) is -0.862. The normalized spacial score (nSPS) is 12.7. The van der Waals surface area contributed by atoms with Crippen molar-refractivity contribution in [3.8, 4) is 0 Å². The average molecular weight is 261 g/mol. The van der Waals surface area contributed by atoms with Crippen LogP contribution in [0.25, 0.3) is 0 Å². The van der Waals surface area contributed by atoms with Crippen LogP contribution in [-0.4, -0.2) is 107 Å². The quantitative estimate of drug-likeness (QED) is 0.375. The molecule has 0 heterocycles. The Balaban J connectivity index is 3.60. The number of nitrogens with zero attached hydrogens (tertiary/aromatic N) is 3. The van der Waals surface area contributed by atoms with Crippen LogP contribution in [0.1, 0.15) is 0 Å². The number of quaternary nitrogens is 1. The van der Waals surface area contributed by atoms with Crippen molar-refractivity contribution < 1.29 is 9.59 Å². The first-order valence-corrected chi connectivity index (χ1v) is 6.84. The SMILES string of the molecule is CN(C)CCNCC[N+](C)(C)CCN(C)CCO. The maximum absolute atomic E-state index is 8.85. The number of hydrogen-bond donors (Lipinski definition) is 2. The third kappa shape index (κ3) is 10.9. The molecule has 2 N–H and O–H groups in total. The molecule has 18 heavy (non-hydrogen) atoms. The van der Waals surface area contributed by atoms with Crippen molar-refractivity contribution in [3.05, 3.63) is 0 Å². The zero-order valence-corrected chi connectivity index (χ0v) is 12.9. The van der Waals surface area contributed by atoms with Gasteiger partial charge in [0, 0.05) is 32.7 Å². The van der Waals surface area contributed by atoms with E-state index in [0.717, 1.165) is 50.3 Å². The van der Waals surface area contributed by atoms with E-state index in [4.69, 9.17) is 5.11 Å². The summed E-state index contributed by atoms with van der Waals surface area (Å²) < 4.78 is 1.02. The van der Waals surface area contributed by atoms with E-state index in [1.807, 2.05) is 0 Å². The Kier molecular flexibility index (Phi) is 9.59. The molecule has 0 unspecified atom stereocenters. The van der Waals surface area contributed by atoms with Crippen LogP contribution in [0.2, 0.25) is 0 Å². The lowest BCUT2D eigenvalue weighted by Crippen LogP contribution is -2.48. The summed E-state index contributed by atoms with van der Waals surface area (Å²) in [7, 11) is 10.8. The van der Waals surface area contributed by atoms with Gasteiger partial charge in [-0.05, 0) is 21.1 Å². The molecule has 0 aliphatic heterocycles. The highest BCUT2D eigenvalue weighted by molar-refractivity contribution is 4.52. The number of nitrogens with one attached hydrogen (secondary N) is 1. The van der Waals surface area contributed by atoms with Crippen molar-refractivity contribution in [2.24, 2.45) is 0 Å². The zero-order valence-electron chi connectivity index (χ0n) is 12.9. The fourth-order valence-corrected chi connectivity index (χ4v) is 1.65. The van der Waals surface area contributed by atoms with Crippen LogP contribution in [0.5, 0.6) is 0 Å². The van der Waals surface area contributed by atoms with E-state index in [2.05, 4.69) is 50.4 Å². The number of rotatable bonds is 11. The molecular weight excluding hydrogens is 228 g/mol. The summed E-state index contributed by atoms with van der Waals surface area (Å²) >= 11 is 0. The van der Waals surface area contributed by atoms with Crippen molar-refractivity contribution in [2.45, 2.75) is 0 Å². The van der Waals surface area contributed by atoms with E-state index in [0.29, 0.717) is 0 Å². The largest absolute Gasteiger partial charge is 0.395 e. The van der Waals surface area contributed by atoms with Gasteiger partial charge in [0.15, 0.2) is 0 Å². The van der Waals surface area contributed by atoms with Crippen LogP contribution in [0.3, 0.4) is 0 Å². The number of likely N-dealkylation sites (N-methyl/N-ethyl adjacent to an activating group) is 3. The minimum atomic E-state index is 0.246. The molecule has 0 radical (unpaired) electrons. The molecule has 0 aromatic rings. The molecule has 0 aliphatic rings. The molecule has 0 bridgehead atoms. The first-order chi connectivity index (χ1) is 8.37. The van der Waals surface area contributed by atoms with E-state index in [1.54, 1.807) is 0 Å². The van der Waals surface area contributed by atoms with Gasteiger partial charge in [-0.2, -0.15) is 0 Å². The Morgan fingerprint density at radius 3 is 2.17 bits per heavy atom. The van der Waals surface area contributed by atoms with Crippen LogP contribution in [0.15, 0.2) is 0 Å². The molecule has 0 aromatic carbocycles. The molecule has 0 rings (SSSR count). The maximum atomic E-state index is 8.85. The van der Waals surface area contributed by atoms with Crippen LogP contribution in [0.4, 0.5) is 0 Å². The summed E-state index contributed by atoms with van der Waals surface area (Å²) in [5, 5.41) is 12.3. The lowest BCUT2D eigenvalue weighted by atomic mass is 10.4. The minimum absolute atomic E-state index is 0.246. The molecule has 0 spiro atoms. The van der Waals surface area contributed by atoms with Gasteiger partial charge in [0.05, 0.1) is 33.8 Å². The van der Waals surface area contributed by atoms with Gasteiger partial charge in [0.25, 0.3) is 0 Å². The molecule has 0 aliphatic carbocycles. The molecule has 0 aromatic heterocycles. The Hall–Kier alpha value is -0.200. The van der Waals surface area contributed by atoms with Gasteiger partial charge >= 0.3 is 0 Å². The van der Waals surface area contributed by atoms with E-state index in [9.17, 15) is 0 Å². The first kappa shape index (κ1) is 17.8. The highest BCUT2D eigenvalue weighted by Gasteiger charge is 2.14. The summed E-state index contributed by atoms with van der Waals surface area (Å²) in [5.41, 5.74) is 0. The van der Waals surface area contributed by atoms with E-state index in [-0.39, 0.29) is 6.61 Å². The molecule has 0 fully saturated rings. The second-order valence-electron chi connectivity index (χ2n) is 5.96. The summed E-state index contributed by atoms with van der Waals surface area (Å²) in [6.45, 7) is 7.50. The molecule has 5 nitrogen and oxygen atoms in total. The Bertz CT molecular complexity index is 197. The van der Waals surface area contributed by atoms with E-state index < -0.39 is 0 Å². The van der Waals surface area contributed by atoms with Crippen LogP contribution in [0, 0.1) is 0 Å². The third-order valence-corrected chi connectivity index (χ3v) is 3.20. The topological polar surface area (TPSA) is 38.7 Å². The van der Waals surface area contributed by atoms with Crippen LogP contribution < -0.4 is 5.32 Å². The smallest absolute Gasteiger partial charge is 0.0912 e. The molecule has 5 heteroatoms. The van der Waals surface area contributed by atoms with Gasteiger partial charge in [-0.15, -0.1) is 0 Å². The lowest BCUT2D eigenvalue weighted by molar-refractivity contribution is -0.888. The fraction of sp³-hybridized carbons (Fsp3) is 1.00. The third-order valence-electron chi connectivity index (χ3n) is 3.20. The van der Waals surface area contributed by atoms with Crippen molar-refractivity contribution in [2.75, 3.05) is 87.7 Å². The van der Waals surface area contributed by atoms with Gasteiger partial charge in [-0.25, -0.2) is 0 Å². The molecule has 0 amide bonds. The lowest BCUT2D eigenvalue weighted by Gasteiger charge is -2.31. The zero-order chi connectivity index (χ0) is 14.0. The summed E-state index contributed by atoms with van der Waals surface area (Å²) in [4.78, 5) is 4.37. The van der Waals surface area contributed by atoms with Crippen molar-refractivity contribution >= 4 is 0 Å². The maximum Gasteiger partial charge on any atom is 0.0912 e. The van der Waals surface area contributed by atoms with Gasteiger partial charge in [0.1, 0.15) is 0 Å². The van der Waals surface area contributed by atoms with Gasteiger partial charge in [-0.3, -0.25) is 4.90 Å². The second-order valence-corrected chi connectivity index (χ2v) is 5.96. The second kappa shape index (κ2) is 9.69. The molecule has 110 valence electrons. The monoisotopic (exact) mass is 261 g/mol. The number of aliphatic hydroxyl groups is 1. The summed E-state index contributed by atoms with van der Waals surface area (Å²) in [6.07, 6.45) is 0. The Morgan fingerprint density at radius 2 is 1.61 bits per heavy atom. The van der Waals surface area contributed by atoms with Crippen molar-refractivity contribution in [3.63, 3.8) is 0 Å². The Labute approximate surface area is 113 Å². The van der Waals surface area contributed by atoms with Crippen LogP contribution in [-0.2, 0) is 0 Å². The number of hydrogen-bond acceptors (Lipinski definition) is 4. The van der Waals surface area contributed by atoms with Crippen LogP contribution >= 0.6 is 0 Å². The first-order valence-electron chi connectivity index (χ1n) is 6.84. The molecule has 0 atom stereocenters. The Morgan fingerprint density at radius 1 is 0.944 bits per heavy atom. The highest BCUT2D eigenvalue weighted by atomic mass is 16.3. The van der Waals surface area contributed by atoms with Gasteiger partial charge < -0.3 is 19.8 Å². The highest BCUT2D eigenvalue weighted by Crippen LogP contribution is 1.96. The van der Waals surface area contributed by atoms with Gasteiger partial charge in [-0.1, -0.05) is 0 Å². The number of aliphatic hydroxyl groups excluding tert-OH is 1.